The van der Waals surface area contributed by atoms with Gasteiger partial charge in [0.15, 0.2) is 0 Å². The maximum Gasteiger partial charge on any atom is 0.243 e. The van der Waals surface area contributed by atoms with Crippen molar-refractivity contribution in [1.82, 2.24) is 10.2 Å². The van der Waals surface area contributed by atoms with Crippen molar-refractivity contribution in [2.24, 2.45) is 0 Å². The Morgan fingerprint density at radius 2 is 1.69 bits per heavy atom. The van der Waals surface area contributed by atoms with E-state index in [2.05, 4.69) is 21.2 Å². The van der Waals surface area contributed by atoms with Gasteiger partial charge in [-0.05, 0) is 60.9 Å². The van der Waals surface area contributed by atoms with Crippen molar-refractivity contribution in [2.75, 3.05) is 5.75 Å². The Kier molecular flexibility index (Phi) is 10.7. The van der Waals surface area contributed by atoms with Gasteiger partial charge in [-0.2, -0.15) is 0 Å². The fourth-order valence-electron chi connectivity index (χ4n) is 3.59. The molecule has 0 aliphatic rings. The van der Waals surface area contributed by atoms with Gasteiger partial charge in [-0.1, -0.05) is 76.9 Å². The number of halogens is 2. The van der Waals surface area contributed by atoms with Gasteiger partial charge in [0.2, 0.25) is 11.8 Å². The van der Waals surface area contributed by atoms with Crippen molar-refractivity contribution in [1.29, 1.82) is 0 Å². The number of rotatable bonds is 11. The molecule has 0 saturated carbocycles. The van der Waals surface area contributed by atoms with Gasteiger partial charge >= 0.3 is 0 Å². The van der Waals surface area contributed by atoms with E-state index in [-0.39, 0.29) is 23.6 Å². The Morgan fingerprint density at radius 3 is 2.34 bits per heavy atom. The molecule has 0 radical (unpaired) electrons. The molecule has 35 heavy (non-hydrogen) atoms. The zero-order chi connectivity index (χ0) is 25.2. The SMILES string of the molecule is CC[C@H](C)NC(=O)[C@@H](Cc1ccccc1)N(Cc1cccc(Br)c1)C(=O)CSc1ccc(Cl)cc1. The topological polar surface area (TPSA) is 49.4 Å². The van der Waals surface area contributed by atoms with E-state index in [1.54, 1.807) is 4.90 Å². The standard InChI is InChI=1S/C28H30BrClN2O2S/c1-3-20(2)31-28(34)26(17-21-8-5-4-6-9-21)32(18-22-10-7-11-23(29)16-22)27(33)19-35-25-14-12-24(30)13-15-25/h4-16,20,26H,3,17-19H2,1-2H3,(H,31,34)/t20-,26+/m0/s1. The lowest BCUT2D eigenvalue weighted by molar-refractivity contribution is -0.139. The maximum absolute atomic E-state index is 13.7. The van der Waals surface area contributed by atoms with E-state index < -0.39 is 6.04 Å². The summed E-state index contributed by atoms with van der Waals surface area (Å²) in [5, 5.41) is 3.75. The van der Waals surface area contributed by atoms with Gasteiger partial charge in [0.1, 0.15) is 6.04 Å². The van der Waals surface area contributed by atoms with Gasteiger partial charge < -0.3 is 10.2 Å². The first kappa shape index (κ1) is 27.3. The lowest BCUT2D eigenvalue weighted by atomic mass is 10.0. The van der Waals surface area contributed by atoms with E-state index in [1.807, 2.05) is 92.7 Å². The summed E-state index contributed by atoms with van der Waals surface area (Å²) in [4.78, 5) is 29.8. The van der Waals surface area contributed by atoms with Crippen LogP contribution in [0.2, 0.25) is 5.02 Å². The van der Waals surface area contributed by atoms with Crippen LogP contribution in [0.5, 0.6) is 0 Å². The molecule has 2 atom stereocenters. The molecule has 4 nitrogen and oxygen atoms in total. The number of hydrogen-bond acceptors (Lipinski definition) is 3. The highest BCUT2D eigenvalue weighted by atomic mass is 79.9. The first-order valence-corrected chi connectivity index (χ1v) is 13.8. The number of amides is 2. The number of hydrogen-bond donors (Lipinski definition) is 1. The number of nitrogens with zero attached hydrogens (tertiary/aromatic N) is 1. The lowest BCUT2D eigenvalue weighted by Gasteiger charge is -2.32. The quantitative estimate of drug-likeness (QED) is 0.258. The smallest absolute Gasteiger partial charge is 0.243 e. The van der Waals surface area contributed by atoms with Crippen LogP contribution in [0.3, 0.4) is 0 Å². The summed E-state index contributed by atoms with van der Waals surface area (Å²) in [5.74, 6) is -0.00874. The van der Waals surface area contributed by atoms with E-state index in [0.29, 0.717) is 18.0 Å². The summed E-state index contributed by atoms with van der Waals surface area (Å²) >= 11 is 11.0. The molecule has 0 bridgehead atoms. The minimum atomic E-state index is -0.635. The van der Waals surface area contributed by atoms with Crippen LogP contribution in [0.15, 0.2) is 88.2 Å². The second-order valence-electron chi connectivity index (χ2n) is 8.42. The molecule has 3 aromatic carbocycles. The van der Waals surface area contributed by atoms with E-state index in [0.717, 1.165) is 26.9 Å². The maximum atomic E-state index is 13.7. The highest BCUT2D eigenvalue weighted by Crippen LogP contribution is 2.23. The molecule has 1 N–H and O–H groups in total. The van der Waals surface area contributed by atoms with Crippen LogP contribution in [-0.2, 0) is 22.6 Å². The molecule has 0 unspecified atom stereocenters. The van der Waals surface area contributed by atoms with Gasteiger partial charge in [0, 0.05) is 33.4 Å². The molecular formula is C28H30BrClN2O2S. The van der Waals surface area contributed by atoms with Crippen LogP contribution in [0.4, 0.5) is 0 Å². The zero-order valence-corrected chi connectivity index (χ0v) is 23.1. The van der Waals surface area contributed by atoms with Crippen LogP contribution in [0.25, 0.3) is 0 Å². The third-order valence-electron chi connectivity index (χ3n) is 5.69. The Morgan fingerprint density at radius 1 is 1.00 bits per heavy atom. The lowest BCUT2D eigenvalue weighted by Crippen LogP contribution is -2.52. The monoisotopic (exact) mass is 572 g/mol. The number of benzene rings is 3. The molecule has 0 spiro atoms. The molecule has 0 aromatic heterocycles. The molecule has 3 rings (SSSR count). The number of carbonyl (C=O) groups is 2. The average Bonchev–Trinajstić information content (AvgIpc) is 2.86. The molecule has 2 amide bonds. The van der Waals surface area contributed by atoms with Crippen LogP contribution in [0.1, 0.15) is 31.4 Å². The van der Waals surface area contributed by atoms with Crippen molar-refractivity contribution in [2.45, 2.75) is 50.2 Å². The van der Waals surface area contributed by atoms with Crippen LogP contribution < -0.4 is 5.32 Å². The van der Waals surface area contributed by atoms with Gasteiger partial charge in [-0.25, -0.2) is 0 Å². The molecule has 184 valence electrons. The zero-order valence-electron chi connectivity index (χ0n) is 19.9. The predicted molar refractivity (Wildman–Crippen MR) is 149 cm³/mol. The first-order chi connectivity index (χ1) is 16.9. The Labute approximate surface area is 225 Å². The van der Waals surface area contributed by atoms with Gasteiger partial charge in [-0.15, -0.1) is 11.8 Å². The van der Waals surface area contributed by atoms with E-state index in [4.69, 9.17) is 11.6 Å². The van der Waals surface area contributed by atoms with Crippen molar-refractivity contribution < 1.29 is 9.59 Å². The number of nitrogens with one attached hydrogen (secondary N) is 1. The van der Waals surface area contributed by atoms with Gasteiger partial charge in [-0.3, -0.25) is 9.59 Å². The molecule has 7 heteroatoms. The summed E-state index contributed by atoms with van der Waals surface area (Å²) in [5.41, 5.74) is 1.97. The number of carbonyl (C=O) groups excluding carboxylic acids is 2. The third kappa shape index (κ3) is 8.71. The molecule has 0 heterocycles. The van der Waals surface area contributed by atoms with Crippen molar-refractivity contribution in [3.63, 3.8) is 0 Å². The van der Waals surface area contributed by atoms with E-state index >= 15 is 0 Å². The Bertz CT molecular complexity index is 1110. The molecular weight excluding hydrogens is 544 g/mol. The van der Waals surface area contributed by atoms with Crippen molar-refractivity contribution >= 4 is 51.1 Å². The second-order valence-corrected chi connectivity index (χ2v) is 10.8. The predicted octanol–water partition coefficient (Wildman–Crippen LogP) is 6.75. The van der Waals surface area contributed by atoms with Crippen LogP contribution in [0, 0.1) is 0 Å². The molecule has 0 aliphatic heterocycles. The summed E-state index contributed by atoms with van der Waals surface area (Å²) in [6, 6.07) is 24.5. The van der Waals surface area contributed by atoms with Crippen molar-refractivity contribution in [3.05, 3.63) is 99.5 Å². The largest absolute Gasteiger partial charge is 0.352 e. The van der Waals surface area contributed by atoms with Gasteiger partial charge in [0.25, 0.3) is 0 Å². The minimum Gasteiger partial charge on any atom is -0.352 e. The fraction of sp³-hybridized carbons (Fsp3) is 0.286. The summed E-state index contributed by atoms with van der Waals surface area (Å²) in [7, 11) is 0. The molecule has 0 saturated heterocycles. The molecule has 3 aromatic rings. The highest BCUT2D eigenvalue weighted by molar-refractivity contribution is 9.10. The summed E-state index contributed by atoms with van der Waals surface area (Å²) in [6.45, 7) is 4.35. The average molecular weight is 574 g/mol. The highest BCUT2D eigenvalue weighted by Gasteiger charge is 2.31. The minimum absolute atomic E-state index is 0.0204. The van der Waals surface area contributed by atoms with Crippen molar-refractivity contribution in [3.8, 4) is 0 Å². The normalized spacial score (nSPS) is 12.6. The molecule has 0 aliphatic carbocycles. The molecule has 0 fully saturated rings. The van der Waals surface area contributed by atoms with Crippen LogP contribution >= 0.6 is 39.3 Å². The number of thioether (sulfide) groups is 1. The third-order valence-corrected chi connectivity index (χ3v) is 7.43. The Hall–Kier alpha value is -2.28. The van der Waals surface area contributed by atoms with E-state index in [9.17, 15) is 9.59 Å². The van der Waals surface area contributed by atoms with Gasteiger partial charge in [0.05, 0.1) is 5.75 Å². The Balaban J connectivity index is 1.90. The summed E-state index contributed by atoms with van der Waals surface area (Å²) in [6.07, 6.45) is 1.25. The second kappa shape index (κ2) is 13.7. The fourth-order valence-corrected chi connectivity index (χ4v) is 4.94. The first-order valence-electron chi connectivity index (χ1n) is 11.6. The van der Waals surface area contributed by atoms with E-state index in [1.165, 1.54) is 11.8 Å². The van der Waals surface area contributed by atoms with Crippen LogP contribution in [-0.4, -0.2) is 34.6 Å². The summed E-state index contributed by atoms with van der Waals surface area (Å²) < 4.78 is 0.932.